The first-order valence-electron chi connectivity index (χ1n) is 8.17. The van der Waals surface area contributed by atoms with Gasteiger partial charge in [0.2, 0.25) is 0 Å². The van der Waals surface area contributed by atoms with Crippen molar-refractivity contribution < 1.29 is 32.4 Å². The van der Waals surface area contributed by atoms with Gasteiger partial charge in [0.05, 0.1) is 21.9 Å². The van der Waals surface area contributed by atoms with E-state index in [4.69, 9.17) is 21.1 Å². The molecule has 29 heavy (non-hydrogen) atoms. The van der Waals surface area contributed by atoms with Crippen molar-refractivity contribution in [3.05, 3.63) is 62.7 Å². The van der Waals surface area contributed by atoms with Crippen LogP contribution >= 0.6 is 23.4 Å². The number of nitrogens with zero attached hydrogens (tertiary/aromatic N) is 1. The lowest BCUT2D eigenvalue weighted by atomic mass is 10.1. The molecule has 0 heterocycles. The number of carbonyl (C=O) groups excluding carboxylic acids is 1. The summed E-state index contributed by atoms with van der Waals surface area (Å²) in [5.41, 5.74) is -1.20. The van der Waals surface area contributed by atoms with E-state index in [9.17, 15) is 28.1 Å². The van der Waals surface area contributed by atoms with Gasteiger partial charge in [-0.25, -0.2) is 0 Å². The highest BCUT2D eigenvalue weighted by molar-refractivity contribution is 7.99. The first kappa shape index (κ1) is 22.8. The maximum Gasteiger partial charge on any atom is 0.416 e. The Labute approximate surface area is 173 Å². The highest BCUT2D eigenvalue weighted by atomic mass is 35.5. The zero-order chi connectivity index (χ0) is 21.6. The molecule has 0 spiro atoms. The molecule has 156 valence electrons. The van der Waals surface area contributed by atoms with Gasteiger partial charge in [-0.1, -0.05) is 18.5 Å². The van der Waals surface area contributed by atoms with Gasteiger partial charge in [-0.3, -0.25) is 14.9 Å². The van der Waals surface area contributed by atoms with Crippen LogP contribution in [0, 0.1) is 10.1 Å². The normalized spacial score (nSPS) is 11.2. The van der Waals surface area contributed by atoms with Crippen LogP contribution in [-0.4, -0.2) is 22.6 Å². The van der Waals surface area contributed by atoms with E-state index in [0.717, 1.165) is 24.0 Å². The van der Waals surface area contributed by atoms with Crippen LogP contribution in [0.15, 0.2) is 36.4 Å². The van der Waals surface area contributed by atoms with E-state index in [1.807, 2.05) is 6.92 Å². The van der Waals surface area contributed by atoms with E-state index in [1.54, 1.807) is 0 Å². The Morgan fingerprint density at radius 3 is 2.55 bits per heavy atom. The van der Waals surface area contributed by atoms with E-state index in [-0.39, 0.29) is 40.1 Å². The Morgan fingerprint density at radius 2 is 1.97 bits per heavy atom. The fraction of sp³-hybridized carbons (Fsp3) is 0.278. The Bertz CT molecular complexity index is 908. The lowest BCUT2D eigenvalue weighted by molar-refractivity contribution is -0.385. The smallest absolute Gasteiger partial charge is 0.416 e. The standard InChI is InChI=1S/C18H15ClF3NO5S/c1-2-29-10-27-17(24)8-11-7-13(4-5-15(11)23(25)26)28-16-6-3-12(9-14(16)19)18(20,21)22/h3-7,9H,2,8,10H2,1H3. The van der Waals surface area contributed by atoms with Crippen LogP contribution in [0.4, 0.5) is 18.9 Å². The molecule has 0 bridgehead atoms. The molecular formula is C18H15ClF3NO5S. The van der Waals surface area contributed by atoms with Crippen LogP contribution in [-0.2, 0) is 22.1 Å². The summed E-state index contributed by atoms with van der Waals surface area (Å²) in [5.74, 6) is 0.216. The molecule has 6 nitrogen and oxygen atoms in total. The second-order valence-corrected chi connectivity index (χ2v) is 7.22. The highest BCUT2D eigenvalue weighted by Crippen LogP contribution is 2.37. The number of halogens is 4. The van der Waals surface area contributed by atoms with E-state index in [2.05, 4.69) is 0 Å². The molecule has 0 aliphatic heterocycles. The molecule has 0 fully saturated rings. The number of nitro groups is 1. The summed E-state index contributed by atoms with van der Waals surface area (Å²) in [4.78, 5) is 22.4. The molecule has 0 unspecified atom stereocenters. The topological polar surface area (TPSA) is 78.7 Å². The summed E-state index contributed by atoms with van der Waals surface area (Å²) in [6, 6.07) is 6.20. The summed E-state index contributed by atoms with van der Waals surface area (Å²) in [6.07, 6.45) is -4.92. The second kappa shape index (κ2) is 9.84. The predicted molar refractivity (Wildman–Crippen MR) is 102 cm³/mol. The Hall–Kier alpha value is -2.46. The molecule has 0 atom stereocenters. The summed E-state index contributed by atoms with van der Waals surface area (Å²) in [7, 11) is 0. The van der Waals surface area contributed by atoms with Crippen LogP contribution in [0.1, 0.15) is 18.1 Å². The maximum atomic E-state index is 12.7. The van der Waals surface area contributed by atoms with Crippen LogP contribution in [0.2, 0.25) is 5.02 Å². The third-order valence-electron chi connectivity index (χ3n) is 3.58. The molecule has 2 rings (SSSR count). The summed E-state index contributed by atoms with van der Waals surface area (Å²) >= 11 is 7.22. The Morgan fingerprint density at radius 1 is 1.24 bits per heavy atom. The second-order valence-electron chi connectivity index (χ2n) is 5.60. The van der Waals surface area contributed by atoms with Crippen molar-refractivity contribution in [1.82, 2.24) is 0 Å². The van der Waals surface area contributed by atoms with Crippen LogP contribution in [0.3, 0.4) is 0 Å². The lowest BCUT2D eigenvalue weighted by Gasteiger charge is -2.12. The zero-order valence-electron chi connectivity index (χ0n) is 15.0. The third-order valence-corrected chi connectivity index (χ3v) is 4.56. The van der Waals surface area contributed by atoms with Gasteiger partial charge in [0.15, 0.2) is 0 Å². The third kappa shape index (κ3) is 6.53. The summed E-state index contributed by atoms with van der Waals surface area (Å²) in [5, 5.41) is 10.9. The van der Waals surface area contributed by atoms with Gasteiger partial charge >= 0.3 is 12.1 Å². The fourth-order valence-electron chi connectivity index (χ4n) is 2.23. The molecule has 0 aliphatic carbocycles. The molecule has 0 saturated heterocycles. The number of rotatable bonds is 8. The molecule has 2 aromatic carbocycles. The molecule has 11 heteroatoms. The van der Waals surface area contributed by atoms with Crippen molar-refractivity contribution in [1.29, 1.82) is 0 Å². The average Bonchev–Trinajstić information content (AvgIpc) is 2.62. The monoisotopic (exact) mass is 449 g/mol. The molecule has 2 aromatic rings. The van der Waals surface area contributed by atoms with Crippen LogP contribution in [0.25, 0.3) is 0 Å². The zero-order valence-corrected chi connectivity index (χ0v) is 16.6. The van der Waals surface area contributed by atoms with Gasteiger partial charge < -0.3 is 9.47 Å². The summed E-state index contributed by atoms with van der Waals surface area (Å²) < 4.78 is 48.6. The van der Waals surface area contributed by atoms with Crippen molar-refractivity contribution in [2.45, 2.75) is 19.5 Å². The minimum Gasteiger partial charge on any atom is -0.456 e. The van der Waals surface area contributed by atoms with E-state index < -0.39 is 22.6 Å². The van der Waals surface area contributed by atoms with E-state index >= 15 is 0 Å². The van der Waals surface area contributed by atoms with Gasteiger partial charge in [-0.05, 0) is 36.1 Å². The number of ether oxygens (including phenoxy) is 2. The average molecular weight is 450 g/mol. The quantitative estimate of drug-likeness (QED) is 0.165. The number of nitro benzene ring substituents is 1. The van der Waals surface area contributed by atoms with E-state index in [1.165, 1.54) is 23.9 Å². The van der Waals surface area contributed by atoms with Crippen molar-refractivity contribution in [2.75, 3.05) is 11.7 Å². The minimum absolute atomic E-state index is 0.0435. The first-order chi connectivity index (χ1) is 13.6. The Balaban J connectivity index is 2.24. The number of hydrogen-bond donors (Lipinski definition) is 0. The molecule has 0 amide bonds. The minimum atomic E-state index is -4.56. The molecule has 0 N–H and O–H groups in total. The van der Waals surface area contributed by atoms with Gasteiger partial charge in [0.1, 0.15) is 17.4 Å². The molecule has 0 aromatic heterocycles. The maximum absolute atomic E-state index is 12.7. The number of thioether (sulfide) groups is 1. The van der Waals surface area contributed by atoms with Crippen LogP contribution in [0.5, 0.6) is 11.5 Å². The number of alkyl halides is 3. The van der Waals surface area contributed by atoms with Crippen LogP contribution < -0.4 is 4.74 Å². The summed E-state index contributed by atoms with van der Waals surface area (Å²) in [6.45, 7) is 1.89. The van der Waals surface area contributed by atoms with Crippen molar-refractivity contribution >= 4 is 35.0 Å². The van der Waals surface area contributed by atoms with Gasteiger partial charge in [0.25, 0.3) is 5.69 Å². The number of esters is 1. The Kier molecular flexibility index (Phi) is 7.74. The number of hydrogen-bond acceptors (Lipinski definition) is 6. The van der Waals surface area contributed by atoms with Crippen molar-refractivity contribution in [3.63, 3.8) is 0 Å². The molecule has 0 saturated carbocycles. The van der Waals surface area contributed by atoms with Gasteiger partial charge in [-0.2, -0.15) is 13.2 Å². The predicted octanol–water partition coefficient (Wildman–Crippen LogP) is 5.86. The van der Waals surface area contributed by atoms with Crippen molar-refractivity contribution in [2.24, 2.45) is 0 Å². The molecular weight excluding hydrogens is 435 g/mol. The molecule has 0 radical (unpaired) electrons. The number of benzene rings is 2. The van der Waals surface area contributed by atoms with Gasteiger partial charge in [0, 0.05) is 11.6 Å². The van der Waals surface area contributed by atoms with E-state index in [0.29, 0.717) is 6.07 Å². The fourth-order valence-corrected chi connectivity index (χ4v) is 2.83. The van der Waals surface area contributed by atoms with Gasteiger partial charge in [-0.15, -0.1) is 11.8 Å². The SMILES string of the molecule is CCSCOC(=O)Cc1cc(Oc2ccc(C(F)(F)F)cc2Cl)ccc1[N+](=O)[O-]. The lowest BCUT2D eigenvalue weighted by Crippen LogP contribution is -2.09. The highest BCUT2D eigenvalue weighted by Gasteiger charge is 2.31. The largest absolute Gasteiger partial charge is 0.456 e. The molecule has 0 aliphatic rings. The van der Waals surface area contributed by atoms with Crippen molar-refractivity contribution in [3.8, 4) is 11.5 Å². The number of carbonyl (C=O) groups is 1. The first-order valence-corrected chi connectivity index (χ1v) is 9.70.